The normalized spacial score (nSPS) is 19.2. The van der Waals surface area contributed by atoms with Crippen molar-refractivity contribution in [3.05, 3.63) is 0 Å². The molecule has 14 heavy (non-hydrogen) atoms. The minimum Gasteiger partial charge on any atom is -0.480 e. The van der Waals surface area contributed by atoms with Crippen molar-refractivity contribution in [1.82, 2.24) is 5.32 Å². The van der Waals surface area contributed by atoms with Gasteiger partial charge < -0.3 is 10.4 Å². The van der Waals surface area contributed by atoms with Crippen molar-refractivity contribution < 1.29 is 18.3 Å². The Hall–Kier alpha value is -0.620. The summed E-state index contributed by atoms with van der Waals surface area (Å²) >= 11 is 0. The molecule has 1 aliphatic rings. The van der Waals surface area contributed by atoms with Crippen molar-refractivity contribution in [3.8, 4) is 0 Å². The van der Waals surface area contributed by atoms with Crippen LogP contribution in [0.4, 0.5) is 0 Å². The molecule has 0 radical (unpaired) electrons. The lowest BCUT2D eigenvalue weighted by molar-refractivity contribution is -0.140. The number of carboxylic acids is 1. The number of carbonyl (C=O) groups is 1. The van der Waals surface area contributed by atoms with Gasteiger partial charge in [0, 0.05) is 12.8 Å². The number of carboxylic acid groups (broad SMARTS) is 1. The monoisotopic (exact) mass is 221 g/mol. The van der Waals surface area contributed by atoms with Crippen LogP contribution in [0, 0.1) is 5.92 Å². The number of sulfone groups is 1. The fraction of sp³-hybridized carbons (Fsp3) is 0.875. The zero-order chi connectivity index (χ0) is 10.8. The Morgan fingerprint density at radius 3 is 2.50 bits per heavy atom. The van der Waals surface area contributed by atoms with Crippen LogP contribution in [0.25, 0.3) is 0 Å². The first-order chi connectivity index (χ1) is 6.40. The Morgan fingerprint density at radius 2 is 2.14 bits per heavy atom. The lowest BCUT2D eigenvalue weighted by Crippen LogP contribution is -2.40. The van der Waals surface area contributed by atoms with E-state index in [0.717, 1.165) is 19.1 Å². The molecular weight excluding hydrogens is 206 g/mol. The van der Waals surface area contributed by atoms with Crippen molar-refractivity contribution in [1.29, 1.82) is 0 Å². The Morgan fingerprint density at radius 1 is 1.57 bits per heavy atom. The van der Waals surface area contributed by atoms with Crippen LogP contribution in [-0.4, -0.2) is 44.1 Å². The minimum absolute atomic E-state index is 0.0104. The van der Waals surface area contributed by atoms with Crippen molar-refractivity contribution in [2.75, 3.05) is 18.6 Å². The number of nitrogens with one attached hydrogen (secondary N) is 1. The molecule has 0 aromatic carbocycles. The van der Waals surface area contributed by atoms with Gasteiger partial charge in [-0.2, -0.15) is 0 Å². The maximum Gasteiger partial charge on any atom is 0.320 e. The summed E-state index contributed by atoms with van der Waals surface area (Å²) in [6.07, 6.45) is 2.98. The summed E-state index contributed by atoms with van der Waals surface area (Å²) in [7, 11) is -3.01. The molecule has 0 bridgehead atoms. The van der Waals surface area contributed by atoms with E-state index in [1.54, 1.807) is 0 Å². The molecule has 0 saturated heterocycles. The van der Waals surface area contributed by atoms with E-state index in [0.29, 0.717) is 0 Å². The molecule has 0 aromatic rings. The molecule has 1 atom stereocenters. The third-order valence-electron chi connectivity index (χ3n) is 2.20. The third-order valence-corrected chi connectivity index (χ3v) is 3.14. The number of rotatable bonds is 6. The summed E-state index contributed by atoms with van der Waals surface area (Å²) in [6.45, 7) is 0.215. The molecule has 0 aromatic heterocycles. The summed E-state index contributed by atoms with van der Waals surface area (Å²) in [6, 6.07) is -0.572. The van der Waals surface area contributed by atoms with E-state index in [1.165, 1.54) is 0 Å². The van der Waals surface area contributed by atoms with Gasteiger partial charge >= 0.3 is 5.97 Å². The van der Waals surface area contributed by atoms with Gasteiger partial charge in [0.05, 0.1) is 5.75 Å². The van der Waals surface area contributed by atoms with E-state index in [2.05, 4.69) is 5.32 Å². The second-order valence-electron chi connectivity index (χ2n) is 3.74. The Labute approximate surface area is 83.4 Å². The highest BCUT2D eigenvalue weighted by Gasteiger charge is 2.35. The molecule has 0 heterocycles. The summed E-state index contributed by atoms with van der Waals surface area (Å²) in [5.41, 5.74) is 0. The van der Waals surface area contributed by atoms with Gasteiger partial charge in [-0.05, 0) is 18.8 Å². The maximum atomic E-state index is 10.8. The maximum absolute atomic E-state index is 10.8. The summed E-state index contributed by atoms with van der Waals surface area (Å²) in [5.74, 6) is -0.711. The molecule has 0 spiro atoms. The summed E-state index contributed by atoms with van der Waals surface area (Å²) in [5, 5.41) is 11.6. The fourth-order valence-electron chi connectivity index (χ4n) is 1.28. The molecule has 5 nitrogen and oxygen atoms in total. The fourth-order valence-corrected chi connectivity index (χ4v) is 1.77. The number of hydrogen-bond donors (Lipinski definition) is 2. The summed E-state index contributed by atoms with van der Waals surface area (Å²) < 4.78 is 21.6. The van der Waals surface area contributed by atoms with E-state index in [-0.39, 0.29) is 18.2 Å². The Bertz CT molecular complexity index is 307. The van der Waals surface area contributed by atoms with Crippen molar-refractivity contribution in [2.24, 2.45) is 5.92 Å². The molecule has 2 N–H and O–H groups in total. The average Bonchev–Trinajstić information content (AvgIpc) is 2.77. The van der Waals surface area contributed by atoms with Crippen LogP contribution in [0.2, 0.25) is 0 Å². The van der Waals surface area contributed by atoms with Gasteiger partial charge in [-0.25, -0.2) is 8.42 Å². The van der Waals surface area contributed by atoms with E-state index in [9.17, 15) is 13.2 Å². The standard InChI is InChI=1S/C8H15NO4S/c1-14(12,13)5-4-9-7(8(10)11)6-2-3-6/h6-7,9H,2-5H2,1H3,(H,10,11). The number of hydrogen-bond acceptors (Lipinski definition) is 4. The number of aliphatic carboxylic acids is 1. The van der Waals surface area contributed by atoms with Gasteiger partial charge in [0.2, 0.25) is 0 Å². The van der Waals surface area contributed by atoms with Gasteiger partial charge in [0.25, 0.3) is 0 Å². The highest BCUT2D eigenvalue weighted by molar-refractivity contribution is 7.90. The van der Waals surface area contributed by atoms with E-state index >= 15 is 0 Å². The molecule has 0 aliphatic heterocycles. The van der Waals surface area contributed by atoms with E-state index < -0.39 is 21.8 Å². The first kappa shape index (κ1) is 11.5. The van der Waals surface area contributed by atoms with Gasteiger partial charge in [-0.15, -0.1) is 0 Å². The molecular formula is C8H15NO4S. The van der Waals surface area contributed by atoms with E-state index in [4.69, 9.17) is 5.11 Å². The topological polar surface area (TPSA) is 83.5 Å². The van der Waals surface area contributed by atoms with Gasteiger partial charge in [0.1, 0.15) is 15.9 Å². The second-order valence-corrected chi connectivity index (χ2v) is 6.00. The van der Waals surface area contributed by atoms with Crippen molar-refractivity contribution in [3.63, 3.8) is 0 Å². The zero-order valence-corrected chi connectivity index (χ0v) is 8.88. The second kappa shape index (κ2) is 4.27. The van der Waals surface area contributed by atoms with Crippen LogP contribution in [0.5, 0.6) is 0 Å². The Balaban J connectivity index is 2.31. The molecule has 6 heteroatoms. The van der Waals surface area contributed by atoms with Gasteiger partial charge in [0.15, 0.2) is 0 Å². The lowest BCUT2D eigenvalue weighted by atomic mass is 10.2. The third kappa shape index (κ3) is 4.06. The Kier molecular flexibility index (Phi) is 3.49. The summed E-state index contributed by atoms with van der Waals surface area (Å²) in [4.78, 5) is 10.7. The van der Waals surface area contributed by atoms with Crippen LogP contribution in [0.15, 0.2) is 0 Å². The van der Waals surface area contributed by atoms with E-state index in [1.807, 2.05) is 0 Å². The molecule has 1 fully saturated rings. The highest BCUT2D eigenvalue weighted by Crippen LogP contribution is 2.32. The highest BCUT2D eigenvalue weighted by atomic mass is 32.2. The predicted molar refractivity (Wildman–Crippen MR) is 51.9 cm³/mol. The molecule has 1 aliphatic carbocycles. The largest absolute Gasteiger partial charge is 0.480 e. The first-order valence-corrected chi connectivity index (χ1v) is 6.60. The van der Waals surface area contributed by atoms with Crippen LogP contribution < -0.4 is 5.32 Å². The quantitative estimate of drug-likeness (QED) is 0.631. The first-order valence-electron chi connectivity index (χ1n) is 4.54. The molecule has 1 rings (SSSR count). The van der Waals surface area contributed by atoms with Crippen LogP contribution in [0.1, 0.15) is 12.8 Å². The predicted octanol–water partition coefficient (Wildman–Crippen LogP) is -0.516. The van der Waals surface area contributed by atoms with Gasteiger partial charge in [-0.1, -0.05) is 0 Å². The molecule has 1 unspecified atom stereocenters. The van der Waals surface area contributed by atoms with Crippen molar-refractivity contribution >= 4 is 15.8 Å². The molecule has 1 saturated carbocycles. The van der Waals surface area contributed by atoms with Crippen LogP contribution in [-0.2, 0) is 14.6 Å². The van der Waals surface area contributed by atoms with Crippen molar-refractivity contribution in [2.45, 2.75) is 18.9 Å². The average molecular weight is 221 g/mol. The molecule has 82 valence electrons. The van der Waals surface area contributed by atoms with Crippen LogP contribution >= 0.6 is 0 Å². The zero-order valence-electron chi connectivity index (χ0n) is 8.06. The lowest BCUT2D eigenvalue weighted by Gasteiger charge is -2.12. The SMILES string of the molecule is CS(=O)(=O)CCNC(C(=O)O)C1CC1. The van der Waals surface area contributed by atoms with Crippen LogP contribution in [0.3, 0.4) is 0 Å². The molecule has 0 amide bonds. The smallest absolute Gasteiger partial charge is 0.320 e. The van der Waals surface area contributed by atoms with Gasteiger partial charge in [-0.3, -0.25) is 4.79 Å². The minimum atomic E-state index is -3.01.